The number of benzene rings is 3. The van der Waals surface area contributed by atoms with Crippen LogP contribution in [0, 0.1) is 17.6 Å². The van der Waals surface area contributed by atoms with Crippen LogP contribution in [-0.2, 0) is 19.3 Å². The van der Waals surface area contributed by atoms with Crippen molar-refractivity contribution < 1.29 is 13.6 Å². The predicted octanol–water partition coefficient (Wildman–Crippen LogP) is 5.50. The largest absolute Gasteiger partial charge is 0.366 e. The summed E-state index contributed by atoms with van der Waals surface area (Å²) in [7, 11) is 0. The molecule has 4 rings (SSSR count). The van der Waals surface area contributed by atoms with Crippen LogP contribution < -0.4 is 5.73 Å². The Hall–Kier alpha value is -2.72. The molecule has 0 aromatic heterocycles. The fraction of sp³-hybridized carbons (Fsp3) is 0.208. The molecule has 150 valence electrons. The first-order valence-electron chi connectivity index (χ1n) is 9.45. The molecule has 0 unspecified atom stereocenters. The molecule has 0 heterocycles. The summed E-state index contributed by atoms with van der Waals surface area (Å²) < 4.78 is 28.0. The van der Waals surface area contributed by atoms with Gasteiger partial charge in [0, 0.05) is 5.56 Å². The SMILES string of the molecule is Cl.NC(=O)c1cccc(-c2ccc(CC[C@H]3Cc4ccc(F)cc4C3)c(F)c2)c1. The van der Waals surface area contributed by atoms with Crippen LogP contribution in [0.2, 0.25) is 0 Å². The zero-order chi connectivity index (χ0) is 19.7. The number of carbonyl (C=O) groups excluding carboxylic acids is 1. The van der Waals surface area contributed by atoms with Crippen LogP contribution in [0.1, 0.15) is 33.5 Å². The lowest BCUT2D eigenvalue weighted by molar-refractivity contribution is 0.100. The fourth-order valence-electron chi connectivity index (χ4n) is 4.02. The average molecular weight is 414 g/mol. The Morgan fingerprint density at radius 3 is 2.45 bits per heavy atom. The van der Waals surface area contributed by atoms with Gasteiger partial charge < -0.3 is 5.73 Å². The molecule has 1 atom stereocenters. The van der Waals surface area contributed by atoms with Crippen LogP contribution in [-0.4, -0.2) is 5.91 Å². The Morgan fingerprint density at radius 2 is 1.69 bits per heavy atom. The predicted molar refractivity (Wildman–Crippen MR) is 113 cm³/mol. The lowest BCUT2D eigenvalue weighted by Gasteiger charge is -2.11. The summed E-state index contributed by atoms with van der Waals surface area (Å²) in [6, 6.07) is 17.1. The summed E-state index contributed by atoms with van der Waals surface area (Å²) in [5.74, 6) is -0.524. The Kier molecular flexibility index (Phi) is 6.33. The van der Waals surface area contributed by atoms with Gasteiger partial charge in [0.15, 0.2) is 0 Å². The minimum Gasteiger partial charge on any atom is -0.366 e. The second-order valence-electron chi connectivity index (χ2n) is 7.48. The van der Waals surface area contributed by atoms with E-state index in [4.69, 9.17) is 5.73 Å². The Labute approximate surface area is 175 Å². The number of carbonyl (C=O) groups is 1. The molecule has 29 heavy (non-hydrogen) atoms. The van der Waals surface area contributed by atoms with E-state index < -0.39 is 5.91 Å². The van der Waals surface area contributed by atoms with Gasteiger partial charge >= 0.3 is 0 Å². The molecule has 0 saturated carbocycles. The summed E-state index contributed by atoms with van der Waals surface area (Å²) in [4.78, 5) is 11.3. The highest BCUT2D eigenvalue weighted by Crippen LogP contribution is 2.31. The van der Waals surface area contributed by atoms with Crippen molar-refractivity contribution >= 4 is 18.3 Å². The molecule has 3 aromatic carbocycles. The number of hydrogen-bond acceptors (Lipinski definition) is 1. The minimum atomic E-state index is -0.503. The molecule has 1 aliphatic rings. The van der Waals surface area contributed by atoms with Gasteiger partial charge in [0.25, 0.3) is 0 Å². The van der Waals surface area contributed by atoms with Gasteiger partial charge in [0.1, 0.15) is 11.6 Å². The van der Waals surface area contributed by atoms with Crippen LogP contribution in [0.3, 0.4) is 0 Å². The molecule has 1 amide bonds. The number of nitrogens with two attached hydrogens (primary N) is 1. The van der Waals surface area contributed by atoms with Crippen LogP contribution >= 0.6 is 12.4 Å². The van der Waals surface area contributed by atoms with E-state index >= 15 is 0 Å². The molecule has 0 spiro atoms. The molecule has 5 heteroatoms. The first-order valence-corrected chi connectivity index (χ1v) is 9.45. The number of halogens is 3. The van der Waals surface area contributed by atoms with Gasteiger partial charge in [-0.25, -0.2) is 8.78 Å². The lowest BCUT2D eigenvalue weighted by atomic mass is 9.95. The van der Waals surface area contributed by atoms with Crippen molar-refractivity contribution in [1.29, 1.82) is 0 Å². The lowest BCUT2D eigenvalue weighted by Crippen LogP contribution is -2.10. The normalized spacial score (nSPS) is 14.9. The number of hydrogen-bond donors (Lipinski definition) is 1. The van der Waals surface area contributed by atoms with Crippen LogP contribution in [0.25, 0.3) is 11.1 Å². The van der Waals surface area contributed by atoms with Crippen molar-refractivity contribution in [3.63, 3.8) is 0 Å². The van der Waals surface area contributed by atoms with E-state index in [1.165, 1.54) is 17.7 Å². The molecule has 0 aliphatic heterocycles. The molecule has 2 nitrogen and oxygen atoms in total. The van der Waals surface area contributed by atoms with E-state index in [1.54, 1.807) is 24.3 Å². The van der Waals surface area contributed by atoms with Crippen molar-refractivity contribution in [2.24, 2.45) is 11.7 Å². The second kappa shape index (κ2) is 8.75. The number of rotatable bonds is 5. The van der Waals surface area contributed by atoms with E-state index in [-0.39, 0.29) is 24.0 Å². The van der Waals surface area contributed by atoms with Gasteiger partial charge in [0.05, 0.1) is 0 Å². The summed E-state index contributed by atoms with van der Waals surface area (Å²) in [6.07, 6.45) is 3.29. The highest BCUT2D eigenvalue weighted by atomic mass is 35.5. The molecule has 0 saturated heterocycles. The van der Waals surface area contributed by atoms with Crippen LogP contribution in [0.15, 0.2) is 60.7 Å². The van der Waals surface area contributed by atoms with Crippen molar-refractivity contribution in [1.82, 2.24) is 0 Å². The van der Waals surface area contributed by atoms with E-state index in [1.807, 2.05) is 24.3 Å². The minimum absolute atomic E-state index is 0. The molecule has 0 bridgehead atoms. The molecular formula is C24H22ClF2NO. The molecule has 1 aliphatic carbocycles. The van der Waals surface area contributed by atoms with Gasteiger partial charge in [-0.1, -0.05) is 30.3 Å². The number of fused-ring (bicyclic) bond motifs is 1. The highest BCUT2D eigenvalue weighted by Gasteiger charge is 2.22. The van der Waals surface area contributed by atoms with E-state index in [0.717, 1.165) is 30.4 Å². The quantitative estimate of drug-likeness (QED) is 0.589. The second-order valence-corrected chi connectivity index (χ2v) is 7.48. The topological polar surface area (TPSA) is 43.1 Å². The summed E-state index contributed by atoms with van der Waals surface area (Å²) >= 11 is 0. The summed E-state index contributed by atoms with van der Waals surface area (Å²) in [5, 5.41) is 0. The highest BCUT2D eigenvalue weighted by molar-refractivity contribution is 5.94. The standard InChI is InChI=1S/C24H21F2NO.ClH/c25-22-9-8-18-10-15(11-21(18)13-22)4-5-16-6-7-19(14-23(16)26)17-2-1-3-20(12-17)24(27)28;/h1-3,6-9,12-15H,4-5,10-11H2,(H2,27,28);1H/t15-;/m0./s1. The first-order chi connectivity index (χ1) is 13.5. The number of primary amides is 1. The van der Waals surface area contributed by atoms with Crippen molar-refractivity contribution in [2.75, 3.05) is 0 Å². The fourth-order valence-corrected chi connectivity index (χ4v) is 4.02. The third-order valence-corrected chi connectivity index (χ3v) is 5.54. The van der Waals surface area contributed by atoms with Gasteiger partial charge in [-0.15, -0.1) is 12.4 Å². The van der Waals surface area contributed by atoms with E-state index in [9.17, 15) is 13.6 Å². The smallest absolute Gasteiger partial charge is 0.248 e. The molecule has 2 N–H and O–H groups in total. The van der Waals surface area contributed by atoms with Crippen molar-refractivity contribution in [2.45, 2.75) is 25.7 Å². The Morgan fingerprint density at radius 1 is 0.931 bits per heavy atom. The maximum atomic E-state index is 14.6. The third kappa shape index (κ3) is 4.65. The maximum Gasteiger partial charge on any atom is 0.248 e. The van der Waals surface area contributed by atoms with Crippen LogP contribution in [0.4, 0.5) is 8.78 Å². The van der Waals surface area contributed by atoms with Gasteiger partial charge in [-0.2, -0.15) is 0 Å². The van der Waals surface area contributed by atoms with Gasteiger partial charge in [-0.3, -0.25) is 4.79 Å². The first kappa shape index (κ1) is 21.0. The summed E-state index contributed by atoms with van der Waals surface area (Å²) in [6.45, 7) is 0. The zero-order valence-electron chi connectivity index (χ0n) is 15.8. The van der Waals surface area contributed by atoms with E-state index in [2.05, 4.69) is 0 Å². The van der Waals surface area contributed by atoms with Crippen LogP contribution in [0.5, 0.6) is 0 Å². The number of amides is 1. The molecular weight excluding hydrogens is 392 g/mol. The zero-order valence-corrected chi connectivity index (χ0v) is 16.6. The van der Waals surface area contributed by atoms with E-state index in [0.29, 0.717) is 29.0 Å². The Bertz CT molecular complexity index is 1050. The summed E-state index contributed by atoms with van der Waals surface area (Å²) in [5.41, 5.74) is 10.2. The monoisotopic (exact) mass is 413 g/mol. The maximum absolute atomic E-state index is 14.6. The van der Waals surface area contributed by atoms with Crippen molar-refractivity contribution in [3.8, 4) is 11.1 Å². The molecule has 0 radical (unpaired) electrons. The average Bonchev–Trinajstić information content (AvgIpc) is 3.09. The molecule has 3 aromatic rings. The molecule has 0 fully saturated rings. The van der Waals surface area contributed by atoms with Gasteiger partial charge in [-0.05, 0) is 89.8 Å². The van der Waals surface area contributed by atoms with Gasteiger partial charge in [0.2, 0.25) is 5.91 Å². The third-order valence-electron chi connectivity index (χ3n) is 5.54. The van der Waals surface area contributed by atoms with Crippen molar-refractivity contribution in [3.05, 3.63) is 94.6 Å². The number of aryl methyl sites for hydroxylation is 1. The Balaban J connectivity index is 0.00000240.